The lowest BCUT2D eigenvalue weighted by Crippen LogP contribution is -2.46. The summed E-state index contributed by atoms with van der Waals surface area (Å²) in [5.41, 5.74) is 0.928. The highest BCUT2D eigenvalue weighted by Crippen LogP contribution is 2.55. The number of rotatable bonds is 6. The van der Waals surface area contributed by atoms with Crippen molar-refractivity contribution in [1.29, 1.82) is 0 Å². The number of amides is 1. The third-order valence-corrected chi connectivity index (χ3v) is 5.90. The van der Waals surface area contributed by atoms with Crippen LogP contribution in [0.4, 0.5) is 0 Å². The molecule has 2 aliphatic rings. The monoisotopic (exact) mass is 365 g/mol. The summed E-state index contributed by atoms with van der Waals surface area (Å²) in [6.45, 7) is 11.3. The van der Waals surface area contributed by atoms with E-state index in [1.807, 2.05) is 11.0 Å². The molecule has 0 bridgehead atoms. The van der Waals surface area contributed by atoms with E-state index < -0.39 is 0 Å². The molecular formula is C20H32ClN3O. The molecule has 1 saturated carbocycles. The van der Waals surface area contributed by atoms with E-state index in [1.54, 1.807) is 0 Å². The Balaban J connectivity index is 0.00000225. The van der Waals surface area contributed by atoms with Crippen LogP contribution in [0.25, 0.3) is 0 Å². The number of carbonyl (C=O) groups excluding carboxylic acids is 1. The second kappa shape index (κ2) is 8.52. The van der Waals surface area contributed by atoms with Crippen molar-refractivity contribution in [2.45, 2.75) is 25.7 Å². The number of nitrogens with zero attached hydrogens (tertiary/aromatic N) is 3. The number of hydrogen-bond acceptors (Lipinski definition) is 3. The Morgan fingerprint density at radius 2 is 1.72 bits per heavy atom. The standard InChI is InChI=1S/C20H31N3O.ClH/c1-4-23(5-2)19(24)20(17-9-7-6-8-10-17)15-18(20)16-22-13-11-21(3)12-14-22;/h6-10,18H,4-5,11-16H2,1-3H3;1H/t18?,20-;/m1./s1. The van der Waals surface area contributed by atoms with Gasteiger partial charge in [0, 0.05) is 45.8 Å². The second-order valence-corrected chi connectivity index (χ2v) is 7.32. The molecule has 140 valence electrons. The van der Waals surface area contributed by atoms with E-state index in [1.165, 1.54) is 5.56 Å². The van der Waals surface area contributed by atoms with Gasteiger partial charge in [0.15, 0.2) is 0 Å². The van der Waals surface area contributed by atoms with Gasteiger partial charge in [-0.15, -0.1) is 12.4 Å². The summed E-state index contributed by atoms with van der Waals surface area (Å²) in [6, 6.07) is 10.5. The zero-order valence-corrected chi connectivity index (χ0v) is 16.6. The van der Waals surface area contributed by atoms with E-state index in [9.17, 15) is 4.79 Å². The van der Waals surface area contributed by atoms with E-state index in [-0.39, 0.29) is 17.8 Å². The number of likely N-dealkylation sites (N-methyl/N-ethyl adjacent to an activating group) is 2. The SMILES string of the molecule is CCN(CC)C(=O)[C@@]1(c2ccccc2)CC1CN1CCN(C)CC1.Cl. The number of benzene rings is 1. The zero-order chi connectivity index (χ0) is 17.2. The van der Waals surface area contributed by atoms with Gasteiger partial charge in [-0.3, -0.25) is 4.79 Å². The first kappa shape index (κ1) is 20.2. The number of hydrogen-bond donors (Lipinski definition) is 0. The molecule has 3 rings (SSSR count). The quantitative estimate of drug-likeness (QED) is 0.774. The van der Waals surface area contributed by atoms with Gasteiger partial charge in [0.05, 0.1) is 5.41 Å². The molecule has 1 aromatic rings. The Morgan fingerprint density at radius 1 is 1.12 bits per heavy atom. The minimum atomic E-state index is -0.281. The van der Waals surface area contributed by atoms with Crippen LogP contribution in [0.15, 0.2) is 30.3 Å². The molecule has 5 heteroatoms. The van der Waals surface area contributed by atoms with Gasteiger partial charge in [-0.1, -0.05) is 30.3 Å². The topological polar surface area (TPSA) is 26.8 Å². The van der Waals surface area contributed by atoms with Gasteiger partial charge < -0.3 is 14.7 Å². The van der Waals surface area contributed by atoms with Crippen molar-refractivity contribution in [3.05, 3.63) is 35.9 Å². The molecule has 2 fully saturated rings. The predicted octanol–water partition coefficient (Wildman–Crippen LogP) is 2.48. The van der Waals surface area contributed by atoms with Crippen molar-refractivity contribution in [2.75, 3.05) is 52.9 Å². The van der Waals surface area contributed by atoms with Crippen LogP contribution in [0, 0.1) is 5.92 Å². The molecule has 1 heterocycles. The fraction of sp³-hybridized carbons (Fsp3) is 0.650. The fourth-order valence-electron chi connectivity index (χ4n) is 4.16. The molecule has 1 aromatic carbocycles. The smallest absolute Gasteiger partial charge is 0.233 e. The van der Waals surface area contributed by atoms with Crippen molar-refractivity contribution in [3.63, 3.8) is 0 Å². The van der Waals surface area contributed by atoms with Crippen molar-refractivity contribution < 1.29 is 4.79 Å². The Hall–Kier alpha value is -1.10. The molecule has 1 saturated heterocycles. The zero-order valence-electron chi connectivity index (χ0n) is 15.8. The Kier molecular flexibility index (Phi) is 6.89. The van der Waals surface area contributed by atoms with Crippen LogP contribution in [-0.2, 0) is 10.2 Å². The lowest BCUT2D eigenvalue weighted by Gasteiger charge is -2.33. The third kappa shape index (κ3) is 4.02. The Morgan fingerprint density at radius 3 is 2.28 bits per heavy atom. The largest absolute Gasteiger partial charge is 0.342 e. The van der Waals surface area contributed by atoms with Crippen molar-refractivity contribution in [1.82, 2.24) is 14.7 Å². The molecule has 1 aliphatic heterocycles. The molecule has 25 heavy (non-hydrogen) atoms. The van der Waals surface area contributed by atoms with Crippen LogP contribution >= 0.6 is 12.4 Å². The van der Waals surface area contributed by atoms with Gasteiger partial charge in [-0.25, -0.2) is 0 Å². The molecule has 4 nitrogen and oxygen atoms in total. The summed E-state index contributed by atoms with van der Waals surface area (Å²) in [7, 11) is 2.19. The molecular weight excluding hydrogens is 334 g/mol. The minimum Gasteiger partial charge on any atom is -0.342 e. The maximum atomic E-state index is 13.3. The average molecular weight is 366 g/mol. The van der Waals surface area contributed by atoms with Crippen LogP contribution in [-0.4, -0.2) is 73.5 Å². The van der Waals surface area contributed by atoms with E-state index in [2.05, 4.69) is 55.0 Å². The van der Waals surface area contributed by atoms with E-state index in [4.69, 9.17) is 0 Å². The van der Waals surface area contributed by atoms with Crippen molar-refractivity contribution >= 4 is 18.3 Å². The molecule has 0 spiro atoms. The Labute approximate surface area is 158 Å². The molecule has 0 N–H and O–H groups in total. The molecule has 1 amide bonds. The fourth-order valence-corrected chi connectivity index (χ4v) is 4.16. The van der Waals surface area contributed by atoms with E-state index in [0.717, 1.165) is 52.2 Å². The first-order chi connectivity index (χ1) is 11.6. The first-order valence-corrected chi connectivity index (χ1v) is 9.37. The van der Waals surface area contributed by atoms with Gasteiger partial charge in [0.2, 0.25) is 5.91 Å². The highest BCUT2D eigenvalue weighted by molar-refractivity contribution is 5.92. The highest BCUT2D eigenvalue weighted by atomic mass is 35.5. The number of halogens is 1. The summed E-state index contributed by atoms with van der Waals surface area (Å²) in [5, 5.41) is 0. The first-order valence-electron chi connectivity index (χ1n) is 9.37. The van der Waals surface area contributed by atoms with Gasteiger partial charge in [0.25, 0.3) is 0 Å². The summed E-state index contributed by atoms with van der Waals surface area (Å²) in [4.78, 5) is 20.2. The van der Waals surface area contributed by atoms with Gasteiger partial charge in [-0.05, 0) is 38.8 Å². The lowest BCUT2D eigenvalue weighted by molar-refractivity contribution is -0.134. The van der Waals surface area contributed by atoms with E-state index in [0.29, 0.717) is 11.8 Å². The molecule has 2 atom stereocenters. The summed E-state index contributed by atoms with van der Waals surface area (Å²) < 4.78 is 0. The van der Waals surface area contributed by atoms with Gasteiger partial charge in [0.1, 0.15) is 0 Å². The number of carbonyl (C=O) groups is 1. The summed E-state index contributed by atoms with van der Waals surface area (Å²) in [6.07, 6.45) is 0.999. The van der Waals surface area contributed by atoms with E-state index >= 15 is 0 Å². The van der Waals surface area contributed by atoms with Crippen molar-refractivity contribution in [3.8, 4) is 0 Å². The van der Waals surface area contributed by atoms with Crippen LogP contribution in [0.2, 0.25) is 0 Å². The highest BCUT2D eigenvalue weighted by Gasteiger charge is 2.61. The lowest BCUT2D eigenvalue weighted by atomic mass is 9.91. The van der Waals surface area contributed by atoms with Crippen LogP contribution in [0.3, 0.4) is 0 Å². The summed E-state index contributed by atoms with van der Waals surface area (Å²) >= 11 is 0. The maximum Gasteiger partial charge on any atom is 0.233 e. The predicted molar refractivity (Wildman–Crippen MR) is 105 cm³/mol. The molecule has 1 aliphatic carbocycles. The second-order valence-electron chi connectivity index (χ2n) is 7.32. The number of piperazine rings is 1. The normalized spacial score (nSPS) is 26.8. The van der Waals surface area contributed by atoms with Gasteiger partial charge in [-0.2, -0.15) is 0 Å². The minimum absolute atomic E-state index is 0. The molecule has 1 unspecified atom stereocenters. The average Bonchev–Trinajstić information content (AvgIpc) is 3.34. The maximum absolute atomic E-state index is 13.3. The van der Waals surface area contributed by atoms with Crippen molar-refractivity contribution in [2.24, 2.45) is 5.92 Å². The van der Waals surface area contributed by atoms with Crippen LogP contribution in [0.5, 0.6) is 0 Å². The summed E-state index contributed by atoms with van der Waals surface area (Å²) in [5.74, 6) is 0.786. The van der Waals surface area contributed by atoms with Gasteiger partial charge >= 0.3 is 0 Å². The molecule has 0 radical (unpaired) electrons. The third-order valence-electron chi connectivity index (χ3n) is 5.90. The van der Waals surface area contributed by atoms with Crippen LogP contribution in [0.1, 0.15) is 25.8 Å². The Bertz CT molecular complexity index is 555. The molecule has 0 aromatic heterocycles. The van der Waals surface area contributed by atoms with Crippen LogP contribution < -0.4 is 0 Å².